The number of anilines is 1. The van der Waals surface area contributed by atoms with Crippen LogP contribution < -0.4 is 16.8 Å². The molecule has 120 valence electrons. The predicted molar refractivity (Wildman–Crippen MR) is 95.3 cm³/mol. The Labute approximate surface area is 140 Å². The van der Waals surface area contributed by atoms with E-state index in [2.05, 4.69) is 20.6 Å². The highest BCUT2D eigenvalue weighted by Gasteiger charge is 2.19. The van der Waals surface area contributed by atoms with Crippen molar-refractivity contribution < 1.29 is 0 Å². The average Bonchev–Trinajstić information content (AvgIpc) is 3.26. The molecule has 0 amide bonds. The van der Waals surface area contributed by atoms with Crippen molar-refractivity contribution in [1.82, 2.24) is 19.7 Å². The van der Waals surface area contributed by atoms with E-state index >= 15 is 0 Å². The summed E-state index contributed by atoms with van der Waals surface area (Å²) in [6.07, 6.45) is 3.53. The van der Waals surface area contributed by atoms with Crippen molar-refractivity contribution in [3.63, 3.8) is 0 Å². The van der Waals surface area contributed by atoms with Crippen molar-refractivity contribution in [1.29, 1.82) is 0 Å². The second-order valence-corrected chi connectivity index (χ2v) is 6.20. The molecule has 0 aliphatic heterocycles. The molecule has 0 bridgehead atoms. The fourth-order valence-electron chi connectivity index (χ4n) is 2.75. The van der Waals surface area contributed by atoms with Gasteiger partial charge in [-0.25, -0.2) is 10.8 Å². The zero-order valence-corrected chi connectivity index (χ0v) is 13.6. The number of aromatic amines is 1. The van der Waals surface area contributed by atoms with Crippen LogP contribution in [0.2, 0.25) is 0 Å². The second kappa shape index (κ2) is 5.59. The molecule has 0 unspecified atom stereocenters. The summed E-state index contributed by atoms with van der Waals surface area (Å²) in [7, 11) is 0. The lowest BCUT2D eigenvalue weighted by molar-refractivity contribution is 0.995. The predicted octanol–water partition coefficient (Wildman–Crippen LogP) is 2.43. The Morgan fingerprint density at radius 1 is 1.33 bits per heavy atom. The molecule has 8 heteroatoms. The smallest absolute Gasteiger partial charge is 0.268 e. The molecule has 0 fully saturated rings. The molecule has 0 aliphatic carbocycles. The number of para-hydroxylation sites is 1. The number of fused-ring (bicyclic) bond motifs is 1. The number of thiazole rings is 1. The number of rotatable bonds is 3. The molecule has 4 N–H and O–H groups in total. The van der Waals surface area contributed by atoms with Gasteiger partial charge in [0.2, 0.25) is 0 Å². The summed E-state index contributed by atoms with van der Waals surface area (Å²) >= 11 is 1.50. The lowest BCUT2D eigenvalue weighted by Crippen LogP contribution is -2.20. The summed E-state index contributed by atoms with van der Waals surface area (Å²) in [4.78, 5) is 17.4. The van der Waals surface area contributed by atoms with E-state index in [4.69, 9.17) is 5.84 Å². The normalized spacial score (nSPS) is 11.1. The minimum absolute atomic E-state index is 0.193. The Balaban J connectivity index is 2.14. The second-order valence-electron chi connectivity index (χ2n) is 5.31. The fourth-order valence-corrected chi connectivity index (χ4v) is 3.41. The van der Waals surface area contributed by atoms with Crippen LogP contribution in [0.5, 0.6) is 0 Å². The van der Waals surface area contributed by atoms with Crippen LogP contribution in [0.4, 0.5) is 5.82 Å². The Bertz CT molecular complexity index is 1080. The van der Waals surface area contributed by atoms with Gasteiger partial charge in [-0.1, -0.05) is 18.2 Å². The molecule has 0 radical (unpaired) electrons. The van der Waals surface area contributed by atoms with Crippen LogP contribution in [0.15, 0.2) is 46.8 Å². The summed E-state index contributed by atoms with van der Waals surface area (Å²) in [6.45, 7) is 1.96. The van der Waals surface area contributed by atoms with E-state index in [-0.39, 0.29) is 5.56 Å². The van der Waals surface area contributed by atoms with Crippen molar-refractivity contribution in [3.05, 3.63) is 58.0 Å². The summed E-state index contributed by atoms with van der Waals surface area (Å²) in [5.41, 5.74) is 5.52. The largest absolute Gasteiger partial charge is 0.306 e. The molecule has 3 aromatic heterocycles. The van der Waals surface area contributed by atoms with Gasteiger partial charge in [-0.2, -0.15) is 5.10 Å². The summed E-state index contributed by atoms with van der Waals surface area (Å²) in [6, 6.07) is 7.71. The molecule has 4 rings (SSSR count). The molecule has 0 saturated carbocycles. The zero-order chi connectivity index (χ0) is 16.7. The minimum atomic E-state index is -0.193. The van der Waals surface area contributed by atoms with Crippen molar-refractivity contribution >= 4 is 28.1 Å². The van der Waals surface area contributed by atoms with Crippen LogP contribution in [0.3, 0.4) is 0 Å². The molecule has 0 aliphatic rings. The van der Waals surface area contributed by atoms with E-state index in [9.17, 15) is 4.79 Å². The Kier molecular flexibility index (Phi) is 3.40. The van der Waals surface area contributed by atoms with Gasteiger partial charge in [-0.05, 0) is 18.6 Å². The van der Waals surface area contributed by atoms with Gasteiger partial charge in [-0.3, -0.25) is 14.5 Å². The topological polar surface area (TPSA) is 102 Å². The number of aryl methyl sites for hydroxylation is 1. The highest BCUT2D eigenvalue weighted by Crippen LogP contribution is 2.30. The molecular formula is C16H14N6OS. The van der Waals surface area contributed by atoms with Crippen molar-refractivity contribution in [2.45, 2.75) is 6.92 Å². The number of hydrazine groups is 1. The Morgan fingerprint density at radius 3 is 2.88 bits per heavy atom. The van der Waals surface area contributed by atoms with Crippen LogP contribution in [0.25, 0.3) is 27.2 Å². The summed E-state index contributed by atoms with van der Waals surface area (Å²) < 4.78 is 1.62. The number of H-pyrrole nitrogens is 1. The van der Waals surface area contributed by atoms with Crippen LogP contribution in [0, 0.1) is 6.92 Å². The first-order valence-electron chi connectivity index (χ1n) is 7.27. The van der Waals surface area contributed by atoms with Gasteiger partial charge in [0.05, 0.1) is 16.8 Å². The molecule has 1 aromatic carbocycles. The maximum atomic E-state index is 13.0. The van der Waals surface area contributed by atoms with Gasteiger partial charge in [0.15, 0.2) is 5.82 Å². The number of nitrogens with zero attached hydrogens (tertiary/aromatic N) is 3. The van der Waals surface area contributed by atoms with E-state index in [0.717, 1.165) is 21.8 Å². The molecule has 0 spiro atoms. The molecular weight excluding hydrogens is 324 g/mol. The highest BCUT2D eigenvalue weighted by atomic mass is 32.1. The van der Waals surface area contributed by atoms with Gasteiger partial charge in [0.1, 0.15) is 10.4 Å². The molecule has 3 heterocycles. The van der Waals surface area contributed by atoms with E-state index in [1.165, 1.54) is 11.3 Å². The molecule has 4 aromatic rings. The monoisotopic (exact) mass is 338 g/mol. The van der Waals surface area contributed by atoms with Crippen LogP contribution in [-0.2, 0) is 0 Å². The number of hydrogen-bond acceptors (Lipinski definition) is 6. The van der Waals surface area contributed by atoms with Gasteiger partial charge >= 0.3 is 0 Å². The van der Waals surface area contributed by atoms with Crippen LogP contribution in [0.1, 0.15) is 5.56 Å². The number of pyridine rings is 1. The average molecular weight is 338 g/mol. The molecule has 7 nitrogen and oxygen atoms in total. The standard InChI is InChI=1S/C16H14N6OS/c1-9-4-2-3-5-11(9)22-8-10(15-18-6-7-24-15)13-12(16(22)23)14(19-17)21-20-13/h2-8H,17H2,1H3,(H2,19,20,21). The van der Waals surface area contributed by atoms with Crippen LogP contribution >= 0.6 is 11.3 Å². The molecule has 0 atom stereocenters. The fraction of sp³-hybridized carbons (Fsp3) is 0.0625. The number of nitrogens with two attached hydrogens (primary N) is 1. The highest BCUT2D eigenvalue weighted by molar-refractivity contribution is 7.13. The number of nitrogen functional groups attached to an aromatic ring is 1. The lowest BCUT2D eigenvalue weighted by atomic mass is 10.1. The third-order valence-corrected chi connectivity index (χ3v) is 4.71. The van der Waals surface area contributed by atoms with Gasteiger partial charge in [-0.15, -0.1) is 11.3 Å². The Hall–Kier alpha value is -2.97. The van der Waals surface area contributed by atoms with E-state index < -0.39 is 0 Å². The first-order chi connectivity index (χ1) is 11.7. The maximum Gasteiger partial charge on any atom is 0.268 e. The number of hydrogen-bond donors (Lipinski definition) is 3. The first kappa shape index (κ1) is 14.6. The minimum Gasteiger partial charge on any atom is -0.306 e. The molecule has 24 heavy (non-hydrogen) atoms. The zero-order valence-electron chi connectivity index (χ0n) is 12.8. The number of benzene rings is 1. The lowest BCUT2D eigenvalue weighted by Gasteiger charge is -2.11. The Morgan fingerprint density at radius 2 is 2.17 bits per heavy atom. The van der Waals surface area contributed by atoms with Gasteiger partial charge < -0.3 is 5.43 Å². The quantitative estimate of drug-likeness (QED) is 0.393. The summed E-state index contributed by atoms with van der Waals surface area (Å²) in [5, 5.41) is 10.1. The third kappa shape index (κ3) is 2.12. The molecule has 0 saturated heterocycles. The van der Waals surface area contributed by atoms with E-state index in [1.807, 2.05) is 36.6 Å². The number of nitrogens with one attached hydrogen (secondary N) is 2. The van der Waals surface area contributed by atoms with Gasteiger partial charge in [0, 0.05) is 17.8 Å². The van der Waals surface area contributed by atoms with Crippen molar-refractivity contribution in [2.24, 2.45) is 5.84 Å². The SMILES string of the molecule is Cc1ccccc1-n1cc(-c2nccs2)c2[nH]nc(NN)c2c1=O. The van der Waals surface area contributed by atoms with E-state index in [0.29, 0.717) is 16.7 Å². The summed E-state index contributed by atoms with van der Waals surface area (Å²) in [5.74, 6) is 5.84. The number of aromatic nitrogens is 4. The first-order valence-corrected chi connectivity index (χ1v) is 8.15. The third-order valence-electron chi connectivity index (χ3n) is 3.90. The van der Waals surface area contributed by atoms with Gasteiger partial charge in [0.25, 0.3) is 5.56 Å². The van der Waals surface area contributed by atoms with E-state index in [1.54, 1.807) is 17.0 Å². The van der Waals surface area contributed by atoms with Crippen molar-refractivity contribution in [3.8, 4) is 16.3 Å². The van der Waals surface area contributed by atoms with Crippen molar-refractivity contribution in [2.75, 3.05) is 5.43 Å². The maximum absolute atomic E-state index is 13.0. The van der Waals surface area contributed by atoms with Crippen LogP contribution in [-0.4, -0.2) is 19.7 Å².